The van der Waals surface area contributed by atoms with Crippen molar-refractivity contribution in [1.29, 1.82) is 0 Å². The van der Waals surface area contributed by atoms with E-state index in [4.69, 9.17) is 21.1 Å². The number of nitrogens with zero attached hydrogens (tertiary/aromatic N) is 2. The van der Waals surface area contributed by atoms with Gasteiger partial charge in [0.05, 0.1) is 13.2 Å². The number of aromatic nitrogens is 1. The molecule has 1 aromatic heterocycles. The van der Waals surface area contributed by atoms with Crippen LogP contribution in [0.4, 0.5) is 11.4 Å². The molecule has 9 heteroatoms. The van der Waals surface area contributed by atoms with Gasteiger partial charge >= 0.3 is 5.97 Å². The number of fused-ring (bicyclic) bond motifs is 4. The molecule has 2 N–H and O–H groups in total. The van der Waals surface area contributed by atoms with Crippen LogP contribution in [0.2, 0.25) is 5.02 Å². The number of pyridine rings is 1. The van der Waals surface area contributed by atoms with Gasteiger partial charge in [-0.15, -0.1) is 0 Å². The highest BCUT2D eigenvalue weighted by Crippen LogP contribution is 2.57. The molecule has 1 fully saturated rings. The summed E-state index contributed by atoms with van der Waals surface area (Å²) in [5.41, 5.74) is 6.77. The smallest absolute Gasteiger partial charge is 0.329 e. The van der Waals surface area contributed by atoms with Crippen molar-refractivity contribution >= 4 is 34.9 Å². The minimum Gasteiger partial charge on any atom is -0.494 e. The lowest BCUT2D eigenvalue weighted by Crippen LogP contribution is -2.53. The number of halogens is 1. The van der Waals surface area contributed by atoms with E-state index in [0.29, 0.717) is 61.7 Å². The predicted molar refractivity (Wildman–Crippen MR) is 221 cm³/mol. The van der Waals surface area contributed by atoms with Crippen LogP contribution in [-0.2, 0) is 34.3 Å². The van der Waals surface area contributed by atoms with Crippen LogP contribution in [-0.4, -0.2) is 47.3 Å². The summed E-state index contributed by atoms with van der Waals surface area (Å²) < 4.78 is 13.0. The summed E-state index contributed by atoms with van der Waals surface area (Å²) in [6.07, 6.45) is 11.6. The Bertz CT molecular complexity index is 2080. The van der Waals surface area contributed by atoms with E-state index in [2.05, 4.69) is 48.4 Å². The zero-order valence-electron chi connectivity index (χ0n) is 32.7. The number of benzene rings is 3. The highest BCUT2D eigenvalue weighted by molar-refractivity contribution is 6.30. The van der Waals surface area contributed by atoms with E-state index >= 15 is 0 Å². The number of amides is 1. The van der Waals surface area contributed by atoms with E-state index in [-0.39, 0.29) is 11.3 Å². The molecule has 2 heterocycles. The van der Waals surface area contributed by atoms with Crippen LogP contribution in [0, 0.1) is 11.8 Å². The second kappa shape index (κ2) is 16.1. The molecule has 4 aromatic rings. The average molecular weight is 776 g/mol. The van der Waals surface area contributed by atoms with E-state index < -0.39 is 11.5 Å². The van der Waals surface area contributed by atoms with Gasteiger partial charge in [-0.3, -0.25) is 9.78 Å². The number of aryl methyl sites for hydroxylation is 1. The maximum atomic E-state index is 13.1. The van der Waals surface area contributed by atoms with Gasteiger partial charge in [-0.05, 0) is 153 Å². The molecule has 1 saturated carbocycles. The number of rotatable bonds is 13. The minimum atomic E-state index is -1.09. The maximum Gasteiger partial charge on any atom is 0.329 e. The lowest BCUT2D eigenvalue weighted by molar-refractivity contribution is -0.144. The highest BCUT2D eigenvalue weighted by Gasteiger charge is 2.54. The van der Waals surface area contributed by atoms with Gasteiger partial charge < -0.3 is 24.8 Å². The van der Waals surface area contributed by atoms with Crippen LogP contribution in [0.1, 0.15) is 106 Å². The molecule has 1 spiro atoms. The summed E-state index contributed by atoms with van der Waals surface area (Å²) >= 11 is 6.31. The Labute approximate surface area is 336 Å². The van der Waals surface area contributed by atoms with Crippen LogP contribution in [0.15, 0.2) is 79.0 Å². The Morgan fingerprint density at radius 1 is 1.00 bits per heavy atom. The number of anilines is 2. The third kappa shape index (κ3) is 7.61. The molecule has 1 amide bonds. The number of carboxylic acids is 1. The number of hydrogen-bond donors (Lipinski definition) is 2. The van der Waals surface area contributed by atoms with Gasteiger partial charge in [-0.25, -0.2) is 4.79 Å². The van der Waals surface area contributed by atoms with Crippen molar-refractivity contribution in [1.82, 2.24) is 4.98 Å². The number of nitrogens with one attached hydrogen (secondary N) is 1. The summed E-state index contributed by atoms with van der Waals surface area (Å²) in [4.78, 5) is 32.8. The molecule has 3 atom stereocenters. The van der Waals surface area contributed by atoms with E-state index in [9.17, 15) is 14.7 Å². The third-order valence-electron chi connectivity index (χ3n) is 13.3. The number of carboxylic acid groups (broad SMARTS) is 1. The molecule has 3 aliphatic carbocycles. The average Bonchev–Trinajstić information content (AvgIpc) is 3.75. The molecule has 8 rings (SSSR count). The number of ether oxygens (including phenoxy) is 2. The number of carbonyl (C=O) groups excluding carboxylic acids is 1. The van der Waals surface area contributed by atoms with Crippen molar-refractivity contribution in [3.8, 4) is 11.5 Å². The molecule has 0 saturated heterocycles. The van der Waals surface area contributed by atoms with Crippen molar-refractivity contribution in [2.75, 3.05) is 30.0 Å². The van der Waals surface area contributed by atoms with Gasteiger partial charge in [0.2, 0.25) is 5.91 Å². The topological polar surface area (TPSA) is 101 Å². The fraction of sp³-hybridized carbons (Fsp3) is 0.468. The first-order valence-corrected chi connectivity index (χ1v) is 21.0. The monoisotopic (exact) mass is 775 g/mol. The molecule has 294 valence electrons. The lowest BCUT2D eigenvalue weighted by Gasteiger charge is -2.47. The number of hydrogen-bond acceptors (Lipinski definition) is 6. The Balaban J connectivity index is 0.981. The van der Waals surface area contributed by atoms with Crippen molar-refractivity contribution in [3.63, 3.8) is 0 Å². The van der Waals surface area contributed by atoms with Gasteiger partial charge in [-0.2, -0.15) is 0 Å². The summed E-state index contributed by atoms with van der Waals surface area (Å²) in [5, 5.41) is 14.7. The van der Waals surface area contributed by atoms with Gasteiger partial charge in [0.25, 0.3) is 0 Å². The molecular formula is C47H54ClN3O5. The summed E-state index contributed by atoms with van der Waals surface area (Å²) in [7, 11) is 0. The predicted octanol–water partition coefficient (Wildman–Crippen LogP) is 9.95. The second-order valence-corrected chi connectivity index (χ2v) is 17.3. The summed E-state index contributed by atoms with van der Waals surface area (Å²) in [6.45, 7) is 6.38. The fourth-order valence-electron chi connectivity index (χ4n) is 10.3. The highest BCUT2D eigenvalue weighted by atomic mass is 35.5. The maximum absolute atomic E-state index is 13.1. The van der Waals surface area contributed by atoms with Crippen LogP contribution in [0.25, 0.3) is 0 Å². The Morgan fingerprint density at radius 3 is 2.66 bits per heavy atom. The van der Waals surface area contributed by atoms with Gasteiger partial charge in [0.1, 0.15) is 17.0 Å². The summed E-state index contributed by atoms with van der Waals surface area (Å²) in [6, 6.07) is 24.0. The number of aliphatic carboxylic acids is 1. The normalized spacial score (nSPS) is 24.2. The number of para-hydroxylation sites is 1. The zero-order chi connectivity index (χ0) is 38.9. The molecule has 4 aliphatic rings. The fourth-order valence-corrected chi connectivity index (χ4v) is 10.5. The molecule has 1 unspecified atom stereocenters. The van der Waals surface area contributed by atoms with Gasteiger partial charge in [0, 0.05) is 46.8 Å². The van der Waals surface area contributed by atoms with Crippen molar-refractivity contribution in [2.45, 2.75) is 108 Å². The van der Waals surface area contributed by atoms with Crippen molar-refractivity contribution in [2.24, 2.45) is 11.8 Å². The molecular weight excluding hydrogens is 722 g/mol. The van der Waals surface area contributed by atoms with Crippen molar-refractivity contribution in [3.05, 3.63) is 112 Å². The molecule has 1 aliphatic heterocycles. The van der Waals surface area contributed by atoms with Gasteiger partial charge in [0.15, 0.2) is 0 Å². The van der Waals surface area contributed by atoms with Crippen LogP contribution >= 0.6 is 11.6 Å². The van der Waals surface area contributed by atoms with E-state index in [0.717, 1.165) is 74.4 Å². The lowest BCUT2D eigenvalue weighted by atomic mass is 9.59. The Hall–Kier alpha value is -4.56. The first kappa shape index (κ1) is 38.3. The quantitative estimate of drug-likeness (QED) is 0.130. The Morgan fingerprint density at radius 2 is 1.84 bits per heavy atom. The molecule has 0 radical (unpaired) electrons. The van der Waals surface area contributed by atoms with Crippen LogP contribution < -0.4 is 19.7 Å². The van der Waals surface area contributed by atoms with Gasteiger partial charge in [-0.1, -0.05) is 55.8 Å². The number of carbonyl (C=O) groups is 2. The SMILES string of the molecule is C[C@@H](COc1ccnc2c1[C@H](C)CCC2)CC1Cc2ccc(OCCCC(=O)N3CCc4ccccc43)cc2C12CCC(Nc1cccc(Cl)c1)(C(=O)O)CC2. The minimum absolute atomic E-state index is 0.140. The van der Waals surface area contributed by atoms with Crippen LogP contribution in [0.5, 0.6) is 11.5 Å². The Kier molecular flexibility index (Phi) is 11.0. The molecule has 0 bridgehead atoms. The van der Waals surface area contributed by atoms with E-state index in [1.165, 1.54) is 34.4 Å². The van der Waals surface area contributed by atoms with Crippen molar-refractivity contribution < 1.29 is 24.2 Å². The van der Waals surface area contributed by atoms with E-state index in [1.54, 1.807) is 12.1 Å². The van der Waals surface area contributed by atoms with Crippen LogP contribution in [0.3, 0.4) is 0 Å². The molecule has 56 heavy (non-hydrogen) atoms. The summed E-state index contributed by atoms with van der Waals surface area (Å²) in [5.74, 6) is 2.16. The first-order chi connectivity index (χ1) is 27.1. The first-order valence-electron chi connectivity index (χ1n) is 20.7. The largest absolute Gasteiger partial charge is 0.494 e. The second-order valence-electron chi connectivity index (χ2n) is 16.9. The third-order valence-corrected chi connectivity index (χ3v) is 13.5. The zero-order valence-corrected chi connectivity index (χ0v) is 33.5. The standard InChI is InChI=1S/C47H54ClN3O5/c1-31(30-56-42-17-23-49-40-12-5-8-32(2)44(40)42)26-35-27-34-15-16-38(55-25-7-14-43(52)51-24-18-33-9-3-4-13-41(33)51)29-39(34)46(35)19-21-47(22-20-46,45(53)54)50-37-11-6-10-36(48)28-37/h3-4,6,9-11,13,15-17,23,28-29,31-32,35,50H,5,7-8,12,14,18-22,24-27,30H2,1-2H3,(H,53,54)/t31-,32-,35?,46?,47?/m1/s1. The molecule has 3 aromatic carbocycles. The van der Waals surface area contributed by atoms with E-state index in [1.807, 2.05) is 47.5 Å². The molecule has 8 nitrogen and oxygen atoms in total.